The Hall–Kier alpha value is -1.43. The maximum atomic E-state index is 12.8. The zero-order chi connectivity index (χ0) is 15.2. The molecule has 5 heteroatoms. The highest BCUT2D eigenvalue weighted by atomic mass is 79.9. The van der Waals surface area contributed by atoms with Gasteiger partial charge in [-0.15, -0.1) is 0 Å². The van der Waals surface area contributed by atoms with Crippen LogP contribution in [0.3, 0.4) is 0 Å². The van der Waals surface area contributed by atoms with Gasteiger partial charge in [0, 0.05) is 5.33 Å². The van der Waals surface area contributed by atoms with Crippen LogP contribution >= 0.6 is 15.9 Å². The fourth-order valence-corrected chi connectivity index (χ4v) is 2.17. The minimum Gasteiger partial charge on any atom is -0.489 e. The molecule has 0 amide bonds. The average molecular weight is 355 g/mol. The molecule has 21 heavy (non-hydrogen) atoms. The Kier molecular flexibility index (Phi) is 5.73. The zero-order valence-electron chi connectivity index (χ0n) is 11.2. The van der Waals surface area contributed by atoms with Crippen LogP contribution < -0.4 is 4.74 Å². The highest BCUT2D eigenvalue weighted by Crippen LogP contribution is 2.22. The third-order valence-electron chi connectivity index (χ3n) is 3.06. The monoisotopic (exact) mass is 354 g/mol. The predicted molar refractivity (Wildman–Crippen MR) is 81.9 cm³/mol. The highest BCUT2D eigenvalue weighted by Gasteiger charge is 2.16. The molecule has 0 aliphatic heterocycles. The first-order valence-electron chi connectivity index (χ1n) is 6.49. The van der Waals surface area contributed by atoms with Crippen LogP contribution in [-0.4, -0.2) is 21.6 Å². The van der Waals surface area contributed by atoms with Gasteiger partial charge in [-0.05, 0) is 35.4 Å². The van der Waals surface area contributed by atoms with Crippen LogP contribution in [0.1, 0.15) is 17.2 Å². The van der Waals surface area contributed by atoms with Crippen molar-refractivity contribution in [3.05, 3.63) is 65.5 Å². The van der Waals surface area contributed by atoms with E-state index in [9.17, 15) is 14.6 Å². The summed E-state index contributed by atoms with van der Waals surface area (Å²) >= 11 is 3.12. The lowest BCUT2D eigenvalue weighted by atomic mass is 10.1. The smallest absolute Gasteiger partial charge is 0.123 e. The van der Waals surface area contributed by atoms with Crippen molar-refractivity contribution in [1.82, 2.24) is 0 Å². The van der Waals surface area contributed by atoms with Crippen LogP contribution in [-0.2, 0) is 6.61 Å². The van der Waals surface area contributed by atoms with E-state index in [4.69, 9.17) is 4.74 Å². The third-order valence-corrected chi connectivity index (χ3v) is 3.73. The molecule has 0 aliphatic rings. The minimum absolute atomic E-state index is 0.276. The van der Waals surface area contributed by atoms with Crippen LogP contribution in [0.15, 0.2) is 48.5 Å². The van der Waals surface area contributed by atoms with Crippen LogP contribution in [0.25, 0.3) is 0 Å². The van der Waals surface area contributed by atoms with Crippen molar-refractivity contribution in [2.45, 2.75) is 18.8 Å². The van der Waals surface area contributed by atoms with Crippen molar-refractivity contribution in [3.8, 4) is 5.75 Å². The topological polar surface area (TPSA) is 49.7 Å². The Balaban J connectivity index is 1.94. The summed E-state index contributed by atoms with van der Waals surface area (Å²) in [6.07, 6.45) is -1.79. The second-order valence-corrected chi connectivity index (χ2v) is 5.30. The third kappa shape index (κ3) is 4.52. The van der Waals surface area contributed by atoms with Crippen LogP contribution in [0.4, 0.5) is 4.39 Å². The molecule has 0 bridgehead atoms. The second kappa shape index (κ2) is 7.54. The fraction of sp³-hybridized carbons (Fsp3) is 0.250. The van der Waals surface area contributed by atoms with Crippen molar-refractivity contribution >= 4 is 15.9 Å². The van der Waals surface area contributed by atoms with Gasteiger partial charge in [0.2, 0.25) is 0 Å². The van der Waals surface area contributed by atoms with Gasteiger partial charge in [-0.2, -0.15) is 0 Å². The zero-order valence-corrected chi connectivity index (χ0v) is 12.8. The number of hydrogen-bond acceptors (Lipinski definition) is 3. The first-order valence-corrected chi connectivity index (χ1v) is 7.61. The summed E-state index contributed by atoms with van der Waals surface area (Å²) in [5.41, 5.74) is 1.49. The van der Waals surface area contributed by atoms with E-state index in [2.05, 4.69) is 15.9 Å². The molecule has 0 radical (unpaired) electrons. The molecule has 2 aromatic carbocycles. The maximum absolute atomic E-state index is 12.8. The predicted octanol–water partition coefficient (Wildman–Crippen LogP) is 3.19. The number of alkyl halides is 1. The van der Waals surface area contributed by atoms with Gasteiger partial charge in [0.15, 0.2) is 0 Å². The van der Waals surface area contributed by atoms with E-state index in [-0.39, 0.29) is 5.82 Å². The van der Waals surface area contributed by atoms with E-state index in [1.165, 1.54) is 12.1 Å². The number of aliphatic hydroxyl groups is 2. The molecule has 0 fully saturated rings. The molecule has 2 N–H and O–H groups in total. The lowest BCUT2D eigenvalue weighted by molar-refractivity contribution is 0.0342. The molecule has 2 rings (SSSR count). The second-order valence-electron chi connectivity index (χ2n) is 4.65. The molecule has 0 saturated heterocycles. The number of ether oxygens (including phenoxy) is 1. The highest BCUT2D eigenvalue weighted by molar-refractivity contribution is 9.09. The lowest BCUT2D eigenvalue weighted by Gasteiger charge is -2.16. The van der Waals surface area contributed by atoms with Crippen molar-refractivity contribution in [3.63, 3.8) is 0 Å². The van der Waals surface area contributed by atoms with Gasteiger partial charge < -0.3 is 14.9 Å². The van der Waals surface area contributed by atoms with Gasteiger partial charge >= 0.3 is 0 Å². The van der Waals surface area contributed by atoms with Gasteiger partial charge in [-0.25, -0.2) is 4.39 Å². The van der Waals surface area contributed by atoms with E-state index in [0.29, 0.717) is 23.2 Å². The van der Waals surface area contributed by atoms with Crippen molar-refractivity contribution in [2.75, 3.05) is 5.33 Å². The van der Waals surface area contributed by atoms with Crippen LogP contribution in [0.2, 0.25) is 0 Å². The summed E-state index contributed by atoms with van der Waals surface area (Å²) in [7, 11) is 0. The minimum atomic E-state index is -0.935. The van der Waals surface area contributed by atoms with Crippen LogP contribution in [0.5, 0.6) is 5.75 Å². The molecule has 112 valence electrons. The van der Waals surface area contributed by atoms with Gasteiger partial charge in [0.1, 0.15) is 24.3 Å². The number of hydrogen-bond donors (Lipinski definition) is 2. The van der Waals surface area contributed by atoms with E-state index < -0.39 is 12.2 Å². The molecular weight excluding hydrogens is 339 g/mol. The Morgan fingerprint density at radius 3 is 2.19 bits per heavy atom. The summed E-state index contributed by atoms with van der Waals surface area (Å²) < 4.78 is 18.4. The molecule has 2 aromatic rings. The van der Waals surface area contributed by atoms with Gasteiger partial charge in [0.25, 0.3) is 0 Å². The average Bonchev–Trinajstić information content (AvgIpc) is 2.53. The molecule has 2 unspecified atom stereocenters. The number of aliphatic hydroxyl groups excluding tert-OH is 2. The molecule has 3 nitrogen and oxygen atoms in total. The van der Waals surface area contributed by atoms with E-state index >= 15 is 0 Å². The van der Waals surface area contributed by atoms with Crippen molar-refractivity contribution in [2.24, 2.45) is 0 Å². The Bertz CT molecular complexity index is 557. The molecule has 0 spiro atoms. The summed E-state index contributed by atoms with van der Waals surface area (Å²) in [4.78, 5) is 0. The van der Waals surface area contributed by atoms with Gasteiger partial charge in [0.05, 0.1) is 6.10 Å². The molecule has 0 saturated carbocycles. The fourth-order valence-electron chi connectivity index (χ4n) is 1.82. The number of benzene rings is 2. The van der Waals surface area contributed by atoms with E-state index in [0.717, 1.165) is 5.56 Å². The molecule has 0 aliphatic carbocycles. The SMILES string of the molecule is OC(CBr)C(O)c1ccc(OCc2ccc(F)cc2)cc1. The Morgan fingerprint density at radius 2 is 1.62 bits per heavy atom. The quantitative estimate of drug-likeness (QED) is 0.783. The van der Waals surface area contributed by atoms with E-state index in [1.807, 2.05) is 0 Å². The Labute approximate surface area is 131 Å². The first kappa shape index (κ1) is 15.9. The summed E-state index contributed by atoms with van der Waals surface area (Å²) in [6.45, 7) is 0.339. The van der Waals surface area contributed by atoms with Crippen molar-refractivity contribution < 1.29 is 19.3 Å². The molecule has 0 aromatic heterocycles. The summed E-state index contributed by atoms with van der Waals surface area (Å²) in [5, 5.41) is 19.7. The first-order chi connectivity index (χ1) is 10.1. The lowest BCUT2D eigenvalue weighted by Crippen LogP contribution is -2.19. The van der Waals surface area contributed by atoms with Gasteiger partial charge in [-0.3, -0.25) is 0 Å². The summed E-state index contributed by atoms with van der Waals surface area (Å²) in [5.74, 6) is 0.367. The number of halogens is 2. The molecular formula is C16H16BrFO3. The maximum Gasteiger partial charge on any atom is 0.123 e. The Morgan fingerprint density at radius 1 is 1.00 bits per heavy atom. The molecule has 2 atom stereocenters. The summed E-state index contributed by atoms with van der Waals surface area (Å²) in [6, 6.07) is 13.0. The van der Waals surface area contributed by atoms with E-state index in [1.54, 1.807) is 36.4 Å². The normalized spacial score (nSPS) is 13.7. The number of rotatable bonds is 6. The molecule has 0 heterocycles. The van der Waals surface area contributed by atoms with Gasteiger partial charge in [-0.1, -0.05) is 40.2 Å². The van der Waals surface area contributed by atoms with Crippen LogP contribution in [0, 0.1) is 5.82 Å². The van der Waals surface area contributed by atoms with Crippen molar-refractivity contribution in [1.29, 1.82) is 0 Å². The standard InChI is InChI=1S/C16H16BrFO3/c17-9-15(19)16(20)12-3-7-14(8-4-12)21-10-11-1-5-13(18)6-2-11/h1-8,15-16,19-20H,9-10H2. The largest absolute Gasteiger partial charge is 0.489 e.